The summed E-state index contributed by atoms with van der Waals surface area (Å²) in [5.74, 6) is 3.80. The van der Waals surface area contributed by atoms with Crippen molar-refractivity contribution in [2.24, 2.45) is 4.99 Å². The van der Waals surface area contributed by atoms with Crippen LogP contribution < -0.4 is 23.7 Å². The predicted octanol–water partition coefficient (Wildman–Crippen LogP) is 6.86. The van der Waals surface area contributed by atoms with Crippen molar-refractivity contribution < 1.29 is 28.1 Å². The van der Waals surface area contributed by atoms with E-state index in [0.717, 1.165) is 21.9 Å². The summed E-state index contributed by atoms with van der Waals surface area (Å²) >= 11 is 0. The van der Waals surface area contributed by atoms with Gasteiger partial charge in [-0.2, -0.15) is 5.26 Å². The van der Waals surface area contributed by atoms with Gasteiger partial charge in [-0.3, -0.25) is 0 Å². The Bertz CT molecular complexity index is 1830. The van der Waals surface area contributed by atoms with Crippen molar-refractivity contribution in [3.05, 3.63) is 83.9 Å². The number of hydrogen-bond donors (Lipinski definition) is 0. The molecule has 0 N–H and O–H groups in total. The first-order chi connectivity index (χ1) is 19.2. The normalized spacial score (nSPS) is 13.2. The van der Waals surface area contributed by atoms with Gasteiger partial charge in [-0.15, -0.1) is 0 Å². The molecule has 8 nitrogen and oxygen atoms in total. The zero-order valence-electron chi connectivity index (χ0n) is 20.8. The first-order valence-corrected chi connectivity index (χ1v) is 12.2. The molecule has 3 heterocycles. The van der Waals surface area contributed by atoms with Crippen LogP contribution in [-0.4, -0.2) is 26.9 Å². The average molecular weight is 517 g/mol. The molecule has 0 bridgehead atoms. The Balaban J connectivity index is 1.42. The number of nitriles is 1. The number of aliphatic imine (C=N–C) groups is 1. The van der Waals surface area contributed by atoms with Crippen molar-refractivity contribution >= 4 is 22.9 Å². The van der Waals surface area contributed by atoms with Crippen molar-refractivity contribution in [1.82, 2.24) is 0 Å². The first kappa shape index (κ1) is 22.8. The highest BCUT2D eigenvalue weighted by atomic mass is 16.7. The van der Waals surface area contributed by atoms with E-state index in [1.54, 1.807) is 13.3 Å². The zero-order valence-corrected chi connectivity index (χ0v) is 20.8. The Kier molecular flexibility index (Phi) is 5.34. The Morgan fingerprint density at radius 2 is 1.51 bits per heavy atom. The Morgan fingerprint density at radius 3 is 2.26 bits per heavy atom. The highest BCUT2D eigenvalue weighted by Crippen LogP contribution is 2.47. The van der Waals surface area contributed by atoms with Crippen molar-refractivity contribution in [2.45, 2.75) is 0 Å². The van der Waals surface area contributed by atoms with E-state index in [9.17, 15) is 5.26 Å². The second-order valence-electron chi connectivity index (χ2n) is 8.90. The summed E-state index contributed by atoms with van der Waals surface area (Å²) in [6, 6.07) is 25.2. The maximum absolute atomic E-state index is 10.3. The van der Waals surface area contributed by atoms with Crippen LogP contribution in [0.1, 0.15) is 11.1 Å². The Labute approximate surface area is 223 Å². The molecule has 0 saturated heterocycles. The quantitative estimate of drug-likeness (QED) is 0.236. The van der Waals surface area contributed by atoms with Gasteiger partial charge in [0, 0.05) is 22.9 Å². The van der Waals surface area contributed by atoms with Crippen LogP contribution in [0.3, 0.4) is 0 Å². The average Bonchev–Trinajstić information content (AvgIpc) is 3.73. The van der Waals surface area contributed by atoms with Gasteiger partial charge in [-0.05, 0) is 52.7 Å². The summed E-state index contributed by atoms with van der Waals surface area (Å²) in [7, 11) is 1.62. The molecular weight excluding hydrogens is 496 g/mol. The van der Waals surface area contributed by atoms with Crippen LogP contribution >= 0.6 is 0 Å². The molecule has 0 unspecified atom stereocenters. The summed E-state index contributed by atoms with van der Waals surface area (Å²) in [6.07, 6.45) is 1.67. The predicted molar refractivity (Wildman–Crippen MR) is 144 cm³/mol. The molecule has 2 aliphatic heterocycles. The summed E-state index contributed by atoms with van der Waals surface area (Å²) in [5.41, 5.74) is 3.11. The van der Waals surface area contributed by atoms with E-state index in [1.165, 1.54) is 0 Å². The molecular formula is C31H20N2O6. The van der Waals surface area contributed by atoms with Crippen LogP contribution in [0.2, 0.25) is 0 Å². The van der Waals surface area contributed by atoms with Crippen LogP contribution in [0.25, 0.3) is 33.2 Å². The number of rotatable bonds is 5. The molecule has 39 heavy (non-hydrogen) atoms. The van der Waals surface area contributed by atoms with Gasteiger partial charge >= 0.3 is 0 Å². The molecule has 7 rings (SSSR count). The van der Waals surface area contributed by atoms with Gasteiger partial charge in [0.05, 0.1) is 7.11 Å². The van der Waals surface area contributed by atoms with Gasteiger partial charge in [0.25, 0.3) is 0 Å². The van der Waals surface area contributed by atoms with Gasteiger partial charge < -0.3 is 28.1 Å². The molecule has 0 atom stereocenters. The number of hydrogen-bond acceptors (Lipinski definition) is 8. The lowest BCUT2D eigenvalue weighted by Crippen LogP contribution is -1.93. The standard InChI is InChI=1S/C31H20N2O6/c1-34-24-9-6-18-4-2-3-5-21(18)23(24)15-33-31-22(14-32)29(19-7-10-25-27(12-19)37-16-35-25)30(39-31)20-8-11-26-28(13-20)38-17-36-26/h2-13,15H,16-17H2,1H3. The Hall–Kier alpha value is -5.42. The SMILES string of the molecule is COc1ccc2ccccc2c1C=Nc1oc(-c2ccc3c(c2)OCO3)c(-c2ccc3c(c2)OCO3)c1C#N. The van der Waals surface area contributed by atoms with Gasteiger partial charge in [-0.25, -0.2) is 4.99 Å². The van der Waals surface area contributed by atoms with Crippen molar-refractivity contribution in [1.29, 1.82) is 5.26 Å². The topological polar surface area (TPSA) is 95.4 Å². The summed E-state index contributed by atoms with van der Waals surface area (Å²) in [5, 5.41) is 12.3. The minimum absolute atomic E-state index is 0.146. The number of ether oxygens (including phenoxy) is 5. The van der Waals surface area contributed by atoms with Crippen molar-refractivity contribution in [3.63, 3.8) is 0 Å². The fourth-order valence-corrected chi connectivity index (χ4v) is 4.89. The minimum atomic E-state index is 0.146. The number of methoxy groups -OCH3 is 1. The maximum atomic E-state index is 10.3. The smallest absolute Gasteiger partial charge is 0.238 e. The van der Waals surface area contributed by atoms with E-state index >= 15 is 0 Å². The molecule has 0 fully saturated rings. The summed E-state index contributed by atoms with van der Waals surface area (Å²) in [6.45, 7) is 0.296. The van der Waals surface area contributed by atoms with Crippen LogP contribution in [0.15, 0.2) is 82.2 Å². The highest BCUT2D eigenvalue weighted by molar-refractivity contribution is 6.03. The fourth-order valence-electron chi connectivity index (χ4n) is 4.89. The number of fused-ring (bicyclic) bond motifs is 3. The molecule has 0 aliphatic carbocycles. The lowest BCUT2D eigenvalue weighted by atomic mass is 9.97. The third-order valence-electron chi connectivity index (χ3n) is 6.76. The van der Waals surface area contributed by atoms with Crippen LogP contribution in [0, 0.1) is 11.3 Å². The molecule has 8 heteroatoms. The number of nitrogens with zero attached hydrogens (tertiary/aromatic N) is 2. The summed E-state index contributed by atoms with van der Waals surface area (Å²) < 4.78 is 34.1. The zero-order chi connectivity index (χ0) is 26.3. The van der Waals surface area contributed by atoms with Crippen LogP contribution in [-0.2, 0) is 0 Å². The number of benzene rings is 4. The maximum Gasteiger partial charge on any atom is 0.238 e. The Morgan fingerprint density at radius 1 is 0.821 bits per heavy atom. The van der Waals surface area contributed by atoms with E-state index in [4.69, 9.17) is 28.1 Å². The summed E-state index contributed by atoms with van der Waals surface area (Å²) in [4.78, 5) is 4.68. The third-order valence-corrected chi connectivity index (χ3v) is 6.76. The van der Waals surface area contributed by atoms with E-state index in [1.807, 2.05) is 72.8 Å². The second kappa shape index (κ2) is 9.15. The molecule has 0 saturated carbocycles. The molecule has 190 valence electrons. The molecule has 0 amide bonds. The molecule has 0 radical (unpaired) electrons. The van der Waals surface area contributed by atoms with Gasteiger partial charge in [0.2, 0.25) is 19.5 Å². The van der Waals surface area contributed by atoms with Crippen LogP contribution in [0.5, 0.6) is 28.7 Å². The largest absolute Gasteiger partial charge is 0.496 e. The van der Waals surface area contributed by atoms with Gasteiger partial charge in [0.15, 0.2) is 23.0 Å². The van der Waals surface area contributed by atoms with Crippen LogP contribution in [0.4, 0.5) is 5.88 Å². The highest BCUT2D eigenvalue weighted by Gasteiger charge is 2.26. The first-order valence-electron chi connectivity index (χ1n) is 12.2. The molecule has 5 aromatic rings. The number of furan rings is 1. The third kappa shape index (κ3) is 3.80. The van der Waals surface area contributed by atoms with Gasteiger partial charge in [0.1, 0.15) is 23.1 Å². The van der Waals surface area contributed by atoms with E-state index < -0.39 is 0 Å². The van der Waals surface area contributed by atoms with Gasteiger partial charge in [-0.1, -0.05) is 36.4 Å². The molecule has 0 spiro atoms. The molecule has 4 aromatic carbocycles. The monoisotopic (exact) mass is 516 g/mol. The van der Waals surface area contributed by atoms with Crippen molar-refractivity contribution in [3.8, 4) is 57.3 Å². The second-order valence-corrected chi connectivity index (χ2v) is 8.90. The minimum Gasteiger partial charge on any atom is -0.496 e. The van der Waals surface area contributed by atoms with E-state index in [-0.39, 0.29) is 25.0 Å². The lowest BCUT2D eigenvalue weighted by Gasteiger charge is -2.08. The van der Waals surface area contributed by atoms with E-state index in [0.29, 0.717) is 45.6 Å². The molecule has 2 aliphatic rings. The molecule has 1 aromatic heterocycles. The van der Waals surface area contributed by atoms with Crippen molar-refractivity contribution in [2.75, 3.05) is 20.7 Å². The fraction of sp³-hybridized carbons (Fsp3) is 0.0968. The van der Waals surface area contributed by atoms with E-state index in [2.05, 4.69) is 11.1 Å². The lowest BCUT2D eigenvalue weighted by molar-refractivity contribution is 0.173.